The molecule has 7 heteroatoms. The van der Waals surface area contributed by atoms with Crippen LogP contribution in [-0.4, -0.2) is 53.8 Å². The second kappa shape index (κ2) is 5.14. The summed E-state index contributed by atoms with van der Waals surface area (Å²) in [6.07, 6.45) is 2.96. The van der Waals surface area contributed by atoms with Gasteiger partial charge in [0.2, 0.25) is 0 Å². The molecule has 2 aliphatic rings. The summed E-state index contributed by atoms with van der Waals surface area (Å²) >= 11 is 0. The Labute approximate surface area is 108 Å². The second-order valence-corrected chi connectivity index (χ2v) is 7.13. The van der Waals surface area contributed by atoms with Crippen LogP contribution in [0.4, 0.5) is 0 Å². The van der Waals surface area contributed by atoms with E-state index in [1.54, 1.807) is 4.31 Å². The van der Waals surface area contributed by atoms with E-state index in [0.717, 1.165) is 19.3 Å². The minimum Gasteiger partial charge on any atom is -0.481 e. The van der Waals surface area contributed by atoms with Crippen LogP contribution >= 0.6 is 0 Å². The zero-order valence-electron chi connectivity index (χ0n) is 10.6. The average Bonchev–Trinajstić information content (AvgIpc) is 2.22. The van der Waals surface area contributed by atoms with Gasteiger partial charge in [0, 0.05) is 25.7 Å². The van der Waals surface area contributed by atoms with Gasteiger partial charge >= 0.3 is 5.97 Å². The molecular formula is C11H20N2O4S. The predicted molar refractivity (Wildman–Crippen MR) is 66.3 cm³/mol. The van der Waals surface area contributed by atoms with Gasteiger partial charge in [0.25, 0.3) is 10.2 Å². The Morgan fingerprint density at radius 2 is 2.00 bits per heavy atom. The molecule has 0 aliphatic carbocycles. The summed E-state index contributed by atoms with van der Waals surface area (Å²) in [7, 11) is -3.37. The number of nitrogens with zero attached hydrogens (tertiary/aromatic N) is 2. The van der Waals surface area contributed by atoms with Gasteiger partial charge < -0.3 is 5.11 Å². The molecule has 0 aromatic carbocycles. The minimum atomic E-state index is -3.37. The molecule has 0 amide bonds. The number of hydrogen-bond acceptors (Lipinski definition) is 3. The first-order valence-electron chi connectivity index (χ1n) is 6.40. The smallest absolute Gasteiger partial charge is 0.303 e. The maximum Gasteiger partial charge on any atom is 0.303 e. The van der Waals surface area contributed by atoms with E-state index < -0.39 is 16.2 Å². The average molecular weight is 276 g/mol. The Morgan fingerprint density at radius 3 is 2.56 bits per heavy atom. The van der Waals surface area contributed by atoms with E-state index >= 15 is 0 Å². The molecule has 6 nitrogen and oxygen atoms in total. The lowest BCUT2D eigenvalue weighted by molar-refractivity contribution is -0.139. The number of carbonyl (C=O) groups is 1. The van der Waals surface area contributed by atoms with Crippen molar-refractivity contribution in [3.8, 4) is 0 Å². The van der Waals surface area contributed by atoms with E-state index in [-0.39, 0.29) is 18.4 Å². The van der Waals surface area contributed by atoms with E-state index in [1.165, 1.54) is 4.31 Å². The van der Waals surface area contributed by atoms with Crippen molar-refractivity contribution in [2.24, 2.45) is 5.92 Å². The first-order valence-corrected chi connectivity index (χ1v) is 7.79. The van der Waals surface area contributed by atoms with Gasteiger partial charge in [-0.1, -0.05) is 6.42 Å². The Bertz CT molecular complexity index is 417. The highest BCUT2D eigenvalue weighted by atomic mass is 32.2. The van der Waals surface area contributed by atoms with E-state index in [2.05, 4.69) is 0 Å². The number of hydrogen-bond donors (Lipinski definition) is 1. The monoisotopic (exact) mass is 276 g/mol. The van der Waals surface area contributed by atoms with E-state index in [9.17, 15) is 13.2 Å². The molecule has 0 aromatic rings. The van der Waals surface area contributed by atoms with E-state index in [4.69, 9.17) is 5.11 Å². The molecule has 2 heterocycles. The van der Waals surface area contributed by atoms with Gasteiger partial charge in [0.05, 0.1) is 6.42 Å². The minimum absolute atomic E-state index is 0.0302. The molecule has 2 saturated heterocycles. The molecule has 104 valence electrons. The van der Waals surface area contributed by atoms with Gasteiger partial charge in [-0.25, -0.2) is 0 Å². The molecule has 2 fully saturated rings. The third-order valence-corrected chi connectivity index (χ3v) is 5.84. The highest BCUT2D eigenvalue weighted by molar-refractivity contribution is 7.86. The number of aliphatic carboxylic acids is 1. The summed E-state index contributed by atoms with van der Waals surface area (Å²) in [4.78, 5) is 10.5. The summed E-state index contributed by atoms with van der Waals surface area (Å²) < 4.78 is 27.6. The van der Waals surface area contributed by atoms with Crippen LogP contribution < -0.4 is 0 Å². The van der Waals surface area contributed by atoms with Crippen molar-refractivity contribution in [3.05, 3.63) is 0 Å². The second-order valence-electron chi connectivity index (χ2n) is 5.24. The van der Waals surface area contributed by atoms with Crippen molar-refractivity contribution < 1.29 is 18.3 Å². The van der Waals surface area contributed by atoms with Crippen molar-refractivity contribution in [3.63, 3.8) is 0 Å². The zero-order chi connectivity index (χ0) is 13.3. The van der Waals surface area contributed by atoms with Crippen LogP contribution in [0, 0.1) is 5.92 Å². The fraction of sp³-hybridized carbons (Fsp3) is 0.909. The van der Waals surface area contributed by atoms with Crippen molar-refractivity contribution in [2.75, 3.05) is 19.6 Å². The lowest BCUT2D eigenvalue weighted by atomic mass is 10.00. The highest BCUT2D eigenvalue weighted by Crippen LogP contribution is 2.28. The van der Waals surface area contributed by atoms with Crippen LogP contribution in [0.25, 0.3) is 0 Å². The molecule has 1 unspecified atom stereocenters. The molecule has 2 rings (SSSR count). The molecule has 0 aromatic heterocycles. The van der Waals surface area contributed by atoms with Crippen molar-refractivity contribution in [1.29, 1.82) is 0 Å². The van der Waals surface area contributed by atoms with Crippen molar-refractivity contribution in [1.82, 2.24) is 8.61 Å². The SMILES string of the molecule is CC1CCCCN1S(=O)(=O)N1CC(CC(=O)O)C1. The maximum absolute atomic E-state index is 12.3. The quantitative estimate of drug-likeness (QED) is 0.811. The number of carboxylic acid groups (broad SMARTS) is 1. The zero-order valence-corrected chi connectivity index (χ0v) is 11.4. The van der Waals surface area contributed by atoms with Gasteiger partial charge in [-0.3, -0.25) is 4.79 Å². The number of carboxylic acids is 1. The van der Waals surface area contributed by atoms with Crippen LogP contribution in [0.5, 0.6) is 0 Å². The Kier molecular flexibility index (Phi) is 3.93. The largest absolute Gasteiger partial charge is 0.481 e. The summed E-state index contributed by atoms with van der Waals surface area (Å²) in [5.41, 5.74) is 0. The fourth-order valence-electron chi connectivity index (χ4n) is 2.65. The van der Waals surface area contributed by atoms with Crippen LogP contribution in [0.15, 0.2) is 0 Å². The Balaban J connectivity index is 1.94. The Hall–Kier alpha value is -0.660. The molecule has 0 spiro atoms. The number of rotatable bonds is 4. The molecule has 18 heavy (non-hydrogen) atoms. The molecule has 1 N–H and O–H groups in total. The van der Waals surface area contributed by atoms with Gasteiger partial charge in [0.1, 0.15) is 0 Å². The third-order valence-electron chi connectivity index (χ3n) is 3.75. The predicted octanol–water partition coefficient (Wildman–Crippen LogP) is 0.512. The van der Waals surface area contributed by atoms with Crippen LogP contribution in [-0.2, 0) is 15.0 Å². The van der Waals surface area contributed by atoms with Crippen molar-refractivity contribution >= 4 is 16.2 Å². The maximum atomic E-state index is 12.3. The van der Waals surface area contributed by atoms with E-state index in [0.29, 0.717) is 19.6 Å². The number of piperidine rings is 1. The first kappa shape index (κ1) is 13.8. The summed E-state index contributed by atoms with van der Waals surface area (Å²) in [5, 5.41) is 8.65. The van der Waals surface area contributed by atoms with Crippen molar-refractivity contribution in [2.45, 2.75) is 38.6 Å². The third kappa shape index (κ3) is 2.67. The summed E-state index contributed by atoms with van der Waals surface area (Å²) in [6.45, 7) is 3.21. The molecular weight excluding hydrogens is 256 g/mol. The topological polar surface area (TPSA) is 77.9 Å². The van der Waals surface area contributed by atoms with Crippen LogP contribution in [0.1, 0.15) is 32.6 Å². The lowest BCUT2D eigenvalue weighted by Crippen LogP contribution is -2.57. The first-order chi connectivity index (χ1) is 8.41. The lowest BCUT2D eigenvalue weighted by Gasteiger charge is -2.43. The fourth-order valence-corrected chi connectivity index (χ4v) is 4.66. The van der Waals surface area contributed by atoms with Gasteiger partial charge in [-0.15, -0.1) is 0 Å². The Morgan fingerprint density at radius 1 is 1.33 bits per heavy atom. The normalized spacial score (nSPS) is 27.9. The summed E-state index contributed by atoms with van der Waals surface area (Å²) in [6, 6.07) is 0.0577. The van der Waals surface area contributed by atoms with E-state index in [1.807, 2.05) is 6.92 Å². The molecule has 0 bridgehead atoms. The highest BCUT2D eigenvalue weighted by Gasteiger charge is 2.41. The van der Waals surface area contributed by atoms with Gasteiger partial charge in [-0.05, 0) is 25.7 Å². The molecule has 0 saturated carbocycles. The van der Waals surface area contributed by atoms with Crippen LogP contribution in [0.3, 0.4) is 0 Å². The molecule has 2 aliphatic heterocycles. The van der Waals surface area contributed by atoms with Gasteiger partial charge in [-0.2, -0.15) is 17.0 Å². The van der Waals surface area contributed by atoms with Gasteiger partial charge in [0.15, 0.2) is 0 Å². The molecule has 1 atom stereocenters. The summed E-state index contributed by atoms with van der Waals surface area (Å²) in [5.74, 6) is -0.888. The van der Waals surface area contributed by atoms with Crippen LogP contribution in [0.2, 0.25) is 0 Å². The standard InChI is InChI=1S/C11H20N2O4S/c1-9-4-2-3-5-13(9)18(16,17)12-7-10(8-12)6-11(14)15/h9-10H,2-8H2,1H3,(H,14,15). The molecule has 0 radical (unpaired) electrons.